The zero-order valence-corrected chi connectivity index (χ0v) is 11.5. The Kier molecular flexibility index (Phi) is 4.54. The van der Waals surface area contributed by atoms with Gasteiger partial charge in [-0.1, -0.05) is 18.5 Å². The largest absolute Gasteiger partial charge is 0.396 e. The second-order valence-corrected chi connectivity index (χ2v) is 6.01. The van der Waals surface area contributed by atoms with Crippen LogP contribution in [-0.2, 0) is 17.1 Å². The van der Waals surface area contributed by atoms with Crippen LogP contribution in [0.15, 0.2) is 11.4 Å². The van der Waals surface area contributed by atoms with Gasteiger partial charge in [-0.15, -0.1) is 0 Å². The molecule has 1 aromatic rings. The Morgan fingerprint density at radius 3 is 2.59 bits per heavy atom. The van der Waals surface area contributed by atoms with E-state index in [1.54, 1.807) is 20.9 Å². The van der Waals surface area contributed by atoms with Gasteiger partial charge in [-0.3, -0.25) is 0 Å². The first kappa shape index (κ1) is 14.4. The number of imidazole rings is 1. The van der Waals surface area contributed by atoms with Gasteiger partial charge < -0.3 is 9.67 Å². The fraction of sp³-hybridized carbons (Fsp3) is 0.667. The molecule has 0 aliphatic carbocycles. The number of aliphatic hydroxyl groups excluding tert-OH is 1. The fourth-order valence-electron chi connectivity index (χ4n) is 1.15. The normalized spacial score (nSPS) is 15.8. The Morgan fingerprint density at radius 2 is 2.18 bits per heavy atom. The third-order valence-corrected chi connectivity index (χ3v) is 4.62. The first-order valence-electron chi connectivity index (χ1n) is 5.09. The Hall–Kier alpha value is -0.630. The van der Waals surface area contributed by atoms with E-state index in [1.807, 2.05) is 0 Å². The van der Waals surface area contributed by atoms with Crippen LogP contribution < -0.4 is 4.72 Å². The summed E-state index contributed by atoms with van der Waals surface area (Å²) in [6, 6.07) is -0.400. The number of hydrogen-bond acceptors (Lipinski definition) is 4. The van der Waals surface area contributed by atoms with Gasteiger partial charge in [-0.25, -0.2) is 18.1 Å². The van der Waals surface area contributed by atoms with Crippen LogP contribution in [0.4, 0.5) is 0 Å². The lowest BCUT2D eigenvalue weighted by Gasteiger charge is -2.18. The zero-order valence-electron chi connectivity index (χ0n) is 9.88. The SMILES string of the molecule is CC(CO)C(C)NS(=O)(=O)c1ncn(C)c1Cl. The number of hydrogen-bond donors (Lipinski definition) is 2. The molecule has 0 saturated carbocycles. The molecule has 17 heavy (non-hydrogen) atoms. The summed E-state index contributed by atoms with van der Waals surface area (Å²) in [5, 5.41) is 8.81. The summed E-state index contributed by atoms with van der Waals surface area (Å²) >= 11 is 5.82. The van der Waals surface area contributed by atoms with Gasteiger partial charge in [-0.05, 0) is 12.8 Å². The molecule has 8 heteroatoms. The number of nitrogens with zero attached hydrogens (tertiary/aromatic N) is 2. The second-order valence-electron chi connectivity index (χ2n) is 4.02. The Morgan fingerprint density at radius 1 is 1.59 bits per heavy atom. The third kappa shape index (κ3) is 3.19. The fourth-order valence-corrected chi connectivity index (χ4v) is 2.93. The van der Waals surface area contributed by atoms with Crippen molar-refractivity contribution >= 4 is 21.6 Å². The molecule has 0 fully saturated rings. The highest BCUT2D eigenvalue weighted by molar-refractivity contribution is 7.89. The van der Waals surface area contributed by atoms with E-state index in [4.69, 9.17) is 16.7 Å². The van der Waals surface area contributed by atoms with Crippen LogP contribution in [0.5, 0.6) is 0 Å². The molecular formula is C9H16ClN3O3S. The molecule has 1 rings (SSSR count). The van der Waals surface area contributed by atoms with Crippen molar-refractivity contribution in [2.45, 2.75) is 24.9 Å². The maximum Gasteiger partial charge on any atom is 0.261 e. The van der Waals surface area contributed by atoms with Gasteiger partial charge in [0.15, 0.2) is 0 Å². The van der Waals surface area contributed by atoms with Crippen LogP contribution in [-0.4, -0.2) is 35.7 Å². The molecule has 1 heterocycles. The standard InChI is InChI=1S/C9H16ClN3O3S/c1-6(4-14)7(2)12-17(15,16)9-8(10)13(3)5-11-9/h5-7,12,14H,4H2,1-3H3. The molecule has 0 saturated heterocycles. The van der Waals surface area contributed by atoms with Crippen molar-refractivity contribution in [2.24, 2.45) is 13.0 Å². The summed E-state index contributed by atoms with van der Waals surface area (Å²) in [6.07, 6.45) is 1.33. The lowest BCUT2D eigenvalue weighted by molar-refractivity contribution is 0.216. The molecule has 1 aromatic heterocycles. The van der Waals surface area contributed by atoms with Crippen molar-refractivity contribution in [1.82, 2.24) is 14.3 Å². The number of halogens is 1. The van der Waals surface area contributed by atoms with Crippen LogP contribution in [0.25, 0.3) is 0 Å². The molecule has 0 radical (unpaired) electrons. The van der Waals surface area contributed by atoms with Crippen LogP contribution in [0, 0.1) is 5.92 Å². The van der Waals surface area contributed by atoms with E-state index in [0.29, 0.717) is 0 Å². The minimum Gasteiger partial charge on any atom is -0.396 e. The molecular weight excluding hydrogens is 266 g/mol. The highest BCUT2D eigenvalue weighted by Gasteiger charge is 2.25. The highest BCUT2D eigenvalue weighted by atomic mass is 35.5. The van der Waals surface area contributed by atoms with Crippen molar-refractivity contribution in [1.29, 1.82) is 0 Å². The van der Waals surface area contributed by atoms with E-state index in [1.165, 1.54) is 10.9 Å². The average Bonchev–Trinajstić information content (AvgIpc) is 2.58. The van der Waals surface area contributed by atoms with E-state index in [2.05, 4.69) is 9.71 Å². The molecule has 0 amide bonds. The summed E-state index contributed by atoms with van der Waals surface area (Å²) in [7, 11) is -2.14. The Balaban J connectivity index is 2.94. The van der Waals surface area contributed by atoms with E-state index < -0.39 is 16.1 Å². The minimum absolute atomic E-state index is 0.0568. The lowest BCUT2D eigenvalue weighted by atomic mass is 10.1. The van der Waals surface area contributed by atoms with Crippen LogP contribution in [0.1, 0.15) is 13.8 Å². The molecule has 2 N–H and O–H groups in total. The maximum atomic E-state index is 11.9. The van der Waals surface area contributed by atoms with Crippen molar-refractivity contribution in [3.63, 3.8) is 0 Å². The first-order valence-corrected chi connectivity index (χ1v) is 6.95. The van der Waals surface area contributed by atoms with E-state index >= 15 is 0 Å². The quantitative estimate of drug-likeness (QED) is 0.817. The van der Waals surface area contributed by atoms with Crippen molar-refractivity contribution in [3.8, 4) is 0 Å². The van der Waals surface area contributed by atoms with Crippen molar-refractivity contribution in [3.05, 3.63) is 11.5 Å². The lowest BCUT2D eigenvalue weighted by Crippen LogP contribution is -2.38. The highest BCUT2D eigenvalue weighted by Crippen LogP contribution is 2.19. The number of aromatic nitrogens is 2. The molecule has 6 nitrogen and oxygen atoms in total. The van der Waals surface area contributed by atoms with Gasteiger partial charge in [-0.2, -0.15) is 0 Å². The summed E-state index contributed by atoms with van der Waals surface area (Å²) < 4.78 is 27.7. The van der Waals surface area contributed by atoms with Gasteiger partial charge in [0.2, 0.25) is 5.03 Å². The van der Waals surface area contributed by atoms with Crippen LogP contribution in [0.2, 0.25) is 5.15 Å². The molecule has 0 aromatic carbocycles. The van der Waals surface area contributed by atoms with Crippen molar-refractivity contribution < 1.29 is 13.5 Å². The van der Waals surface area contributed by atoms with Gasteiger partial charge in [0, 0.05) is 19.7 Å². The number of aliphatic hydroxyl groups is 1. The third-order valence-electron chi connectivity index (χ3n) is 2.57. The predicted octanol–water partition coefficient (Wildman–Crippen LogP) is 0.369. The average molecular weight is 282 g/mol. The van der Waals surface area contributed by atoms with Gasteiger partial charge >= 0.3 is 0 Å². The molecule has 0 spiro atoms. The smallest absolute Gasteiger partial charge is 0.261 e. The van der Waals surface area contributed by atoms with Gasteiger partial charge in [0.1, 0.15) is 5.15 Å². The van der Waals surface area contributed by atoms with Crippen LogP contribution >= 0.6 is 11.6 Å². The van der Waals surface area contributed by atoms with Gasteiger partial charge in [0.25, 0.3) is 10.0 Å². The summed E-state index contributed by atoms with van der Waals surface area (Å²) in [5.41, 5.74) is 0. The number of aryl methyl sites for hydroxylation is 1. The Labute approximate surface area is 106 Å². The molecule has 0 bridgehead atoms. The second kappa shape index (κ2) is 5.34. The molecule has 0 aliphatic heterocycles. The molecule has 2 atom stereocenters. The number of sulfonamides is 1. The molecule has 0 aliphatic rings. The number of nitrogens with one attached hydrogen (secondary N) is 1. The summed E-state index contributed by atoms with van der Waals surface area (Å²) in [5.74, 6) is -0.188. The molecule has 2 unspecified atom stereocenters. The minimum atomic E-state index is -3.75. The summed E-state index contributed by atoms with van der Waals surface area (Å²) in [6.45, 7) is 3.32. The van der Waals surface area contributed by atoms with E-state index in [-0.39, 0.29) is 22.7 Å². The monoisotopic (exact) mass is 281 g/mol. The Bertz CT molecular complexity index is 486. The van der Waals surface area contributed by atoms with E-state index in [0.717, 1.165) is 0 Å². The predicted molar refractivity (Wildman–Crippen MR) is 64.3 cm³/mol. The van der Waals surface area contributed by atoms with Crippen LogP contribution in [0.3, 0.4) is 0 Å². The topological polar surface area (TPSA) is 84.2 Å². The van der Waals surface area contributed by atoms with Gasteiger partial charge in [0.05, 0.1) is 6.33 Å². The zero-order chi connectivity index (χ0) is 13.2. The van der Waals surface area contributed by atoms with Crippen molar-refractivity contribution in [2.75, 3.05) is 6.61 Å². The maximum absolute atomic E-state index is 11.9. The first-order chi connectivity index (χ1) is 7.79. The number of rotatable bonds is 5. The molecule has 98 valence electrons. The summed E-state index contributed by atoms with van der Waals surface area (Å²) in [4.78, 5) is 3.74. The van der Waals surface area contributed by atoms with E-state index in [9.17, 15) is 8.42 Å².